The van der Waals surface area contributed by atoms with Gasteiger partial charge in [-0.1, -0.05) is 25.7 Å². The molecule has 0 aliphatic carbocycles. The number of hydrogen-bond donors (Lipinski definition) is 1. The molecular weight excluding hydrogens is 430 g/mol. The van der Waals surface area contributed by atoms with Gasteiger partial charge in [-0.25, -0.2) is 9.78 Å². The van der Waals surface area contributed by atoms with E-state index in [0.29, 0.717) is 29.9 Å². The average molecular weight is 458 g/mol. The quantitative estimate of drug-likeness (QED) is 0.376. The number of rotatable bonds is 3. The second kappa shape index (κ2) is 8.08. The minimum absolute atomic E-state index is 0.123. The molecule has 1 atom stereocenters. The Hall–Kier alpha value is -3.47. The van der Waals surface area contributed by atoms with E-state index < -0.39 is 11.6 Å². The third-order valence-electron chi connectivity index (χ3n) is 6.79. The fraction of sp³-hybridized carbons (Fsp3) is 0.370. The number of fused-ring (bicyclic) bond motifs is 5. The molecule has 0 saturated carbocycles. The lowest BCUT2D eigenvalue weighted by molar-refractivity contribution is -0.172. The van der Waals surface area contributed by atoms with Gasteiger partial charge in [-0.15, -0.1) is 0 Å². The van der Waals surface area contributed by atoms with Crippen LogP contribution in [-0.4, -0.2) is 46.2 Å². The van der Waals surface area contributed by atoms with Gasteiger partial charge in [0.2, 0.25) is 0 Å². The molecular formula is C27H27N3O4. The number of benzene rings is 1. The molecule has 1 N–H and O–H groups in total. The topological polar surface area (TPSA) is 84.7 Å². The zero-order valence-electron chi connectivity index (χ0n) is 19.9. The highest BCUT2D eigenvalue weighted by Crippen LogP contribution is 2.40. The molecule has 0 radical (unpaired) electrons. The van der Waals surface area contributed by atoms with Crippen molar-refractivity contribution < 1.29 is 14.6 Å². The van der Waals surface area contributed by atoms with E-state index in [1.807, 2.05) is 31.1 Å². The number of ether oxygens (including phenoxy) is 1. The van der Waals surface area contributed by atoms with Gasteiger partial charge in [0, 0.05) is 22.1 Å². The van der Waals surface area contributed by atoms with Crippen molar-refractivity contribution in [3.63, 3.8) is 0 Å². The molecule has 5 rings (SSSR count). The van der Waals surface area contributed by atoms with Gasteiger partial charge in [-0.2, -0.15) is 0 Å². The third kappa shape index (κ3) is 3.25. The van der Waals surface area contributed by atoms with E-state index in [-0.39, 0.29) is 18.6 Å². The van der Waals surface area contributed by atoms with E-state index in [1.165, 1.54) is 0 Å². The highest BCUT2D eigenvalue weighted by atomic mass is 16.6. The first-order valence-electron chi connectivity index (χ1n) is 11.5. The van der Waals surface area contributed by atoms with E-state index >= 15 is 0 Å². The molecule has 0 amide bonds. The van der Waals surface area contributed by atoms with Crippen LogP contribution in [0.15, 0.2) is 29.1 Å². The SMILES string of the molecule is CCc1c2c(nc3ccc(C#CCN(C)C)cc13)-c1cc3c(c(=O)n1C2)COC(=O)[C@]3(O)CC. The molecule has 7 nitrogen and oxygen atoms in total. The lowest BCUT2D eigenvalue weighted by atomic mass is 9.86. The van der Waals surface area contributed by atoms with E-state index in [4.69, 9.17) is 9.72 Å². The number of aliphatic hydroxyl groups is 1. The summed E-state index contributed by atoms with van der Waals surface area (Å²) < 4.78 is 6.84. The number of cyclic esters (lactones) is 1. The van der Waals surface area contributed by atoms with Gasteiger partial charge in [0.1, 0.15) is 6.61 Å². The van der Waals surface area contributed by atoms with Crippen molar-refractivity contribution in [3.8, 4) is 23.2 Å². The van der Waals surface area contributed by atoms with Crippen LogP contribution in [0, 0.1) is 11.8 Å². The number of hydrogen-bond acceptors (Lipinski definition) is 6. The van der Waals surface area contributed by atoms with Crippen LogP contribution >= 0.6 is 0 Å². The van der Waals surface area contributed by atoms with Crippen LogP contribution in [0.25, 0.3) is 22.3 Å². The van der Waals surface area contributed by atoms with Crippen molar-refractivity contribution in [1.29, 1.82) is 0 Å². The van der Waals surface area contributed by atoms with Crippen LogP contribution in [0.3, 0.4) is 0 Å². The highest BCUT2D eigenvalue weighted by Gasteiger charge is 2.45. The lowest BCUT2D eigenvalue weighted by Gasteiger charge is -2.31. The molecule has 2 aliphatic heterocycles. The first-order valence-corrected chi connectivity index (χ1v) is 11.5. The molecule has 2 aliphatic rings. The molecule has 0 unspecified atom stereocenters. The van der Waals surface area contributed by atoms with E-state index in [1.54, 1.807) is 17.6 Å². The summed E-state index contributed by atoms with van der Waals surface area (Å²) in [6.07, 6.45) is 0.899. The zero-order valence-corrected chi connectivity index (χ0v) is 19.9. The van der Waals surface area contributed by atoms with Crippen LogP contribution in [0.2, 0.25) is 0 Å². The molecule has 0 saturated heterocycles. The number of nitrogens with zero attached hydrogens (tertiary/aromatic N) is 3. The highest BCUT2D eigenvalue weighted by molar-refractivity contribution is 5.90. The summed E-state index contributed by atoms with van der Waals surface area (Å²) in [5, 5.41) is 12.1. The number of aromatic nitrogens is 2. The van der Waals surface area contributed by atoms with Gasteiger partial charge >= 0.3 is 5.97 Å². The van der Waals surface area contributed by atoms with Gasteiger partial charge in [0.25, 0.3) is 5.56 Å². The number of carbonyl (C=O) groups is 1. The lowest BCUT2D eigenvalue weighted by Crippen LogP contribution is -2.44. The predicted molar refractivity (Wildman–Crippen MR) is 129 cm³/mol. The van der Waals surface area contributed by atoms with Crippen molar-refractivity contribution in [3.05, 3.63) is 62.4 Å². The minimum Gasteiger partial charge on any atom is -0.458 e. The fourth-order valence-electron chi connectivity index (χ4n) is 4.94. The maximum atomic E-state index is 13.4. The normalized spacial score (nSPS) is 18.2. The first-order chi connectivity index (χ1) is 16.3. The van der Waals surface area contributed by atoms with Crippen LogP contribution < -0.4 is 5.56 Å². The van der Waals surface area contributed by atoms with Crippen molar-refractivity contribution in [2.75, 3.05) is 20.6 Å². The maximum Gasteiger partial charge on any atom is 0.343 e. The van der Waals surface area contributed by atoms with Crippen molar-refractivity contribution in [1.82, 2.24) is 14.5 Å². The number of pyridine rings is 2. The number of esters is 1. The molecule has 0 fully saturated rings. The number of carbonyl (C=O) groups excluding carboxylic acids is 1. The van der Waals surface area contributed by atoms with Gasteiger partial charge in [0.15, 0.2) is 5.60 Å². The molecule has 2 aromatic heterocycles. The number of aryl methyl sites for hydroxylation is 1. The molecule has 1 aromatic carbocycles. The monoisotopic (exact) mass is 457 g/mol. The minimum atomic E-state index is -1.82. The van der Waals surface area contributed by atoms with Crippen LogP contribution in [0.1, 0.15) is 48.1 Å². The summed E-state index contributed by atoms with van der Waals surface area (Å²) in [5.74, 6) is 5.68. The summed E-state index contributed by atoms with van der Waals surface area (Å²) in [6.45, 7) is 4.75. The molecule has 3 aromatic rings. The maximum absolute atomic E-state index is 13.4. The molecule has 174 valence electrons. The van der Waals surface area contributed by atoms with Crippen molar-refractivity contribution in [2.24, 2.45) is 0 Å². The summed E-state index contributed by atoms with van der Waals surface area (Å²) in [7, 11) is 3.97. The summed E-state index contributed by atoms with van der Waals surface area (Å²) in [5.41, 5.74) is 3.86. The molecule has 0 spiro atoms. The standard InChI is InChI=1S/C27H27N3O4/c1-5-17-18-12-16(8-7-11-29(3)4)9-10-22(18)28-24-19(17)14-30-23(24)13-21-20(25(30)31)15-34-26(32)27(21,33)6-2/h9-10,12-13,33H,5-6,11,14-15H2,1-4H3/t27-/m0/s1. The molecule has 0 bridgehead atoms. The Morgan fingerprint density at radius 2 is 2.00 bits per heavy atom. The second-order valence-corrected chi connectivity index (χ2v) is 9.15. The zero-order chi connectivity index (χ0) is 24.2. The first kappa shape index (κ1) is 22.3. The van der Waals surface area contributed by atoms with Crippen molar-refractivity contribution in [2.45, 2.75) is 45.4 Å². The van der Waals surface area contributed by atoms with Crippen molar-refractivity contribution >= 4 is 16.9 Å². The predicted octanol–water partition coefficient (Wildman–Crippen LogP) is 2.56. The van der Waals surface area contributed by atoms with Gasteiger partial charge < -0.3 is 14.4 Å². The molecule has 4 heterocycles. The second-order valence-electron chi connectivity index (χ2n) is 9.15. The Kier molecular flexibility index (Phi) is 5.31. The Balaban J connectivity index is 1.70. The van der Waals surface area contributed by atoms with E-state index in [9.17, 15) is 14.7 Å². The smallest absolute Gasteiger partial charge is 0.343 e. The van der Waals surface area contributed by atoms with Gasteiger partial charge in [-0.3, -0.25) is 9.69 Å². The molecule has 7 heteroatoms. The Morgan fingerprint density at radius 1 is 1.21 bits per heavy atom. The Morgan fingerprint density at radius 3 is 2.71 bits per heavy atom. The van der Waals surface area contributed by atoms with Crippen LogP contribution in [0.4, 0.5) is 0 Å². The van der Waals surface area contributed by atoms with Gasteiger partial charge in [0.05, 0.1) is 35.6 Å². The third-order valence-corrected chi connectivity index (χ3v) is 6.79. The Labute approximate surface area is 198 Å². The average Bonchev–Trinajstić information content (AvgIpc) is 3.18. The largest absolute Gasteiger partial charge is 0.458 e. The van der Waals surface area contributed by atoms with E-state index in [2.05, 4.69) is 24.8 Å². The summed E-state index contributed by atoms with van der Waals surface area (Å²) in [4.78, 5) is 32.7. The molecule has 34 heavy (non-hydrogen) atoms. The van der Waals surface area contributed by atoms with Crippen LogP contribution in [0.5, 0.6) is 0 Å². The van der Waals surface area contributed by atoms with E-state index in [0.717, 1.165) is 39.7 Å². The van der Waals surface area contributed by atoms with Crippen LogP contribution in [-0.2, 0) is 34.7 Å². The summed E-state index contributed by atoms with van der Waals surface area (Å²) in [6, 6.07) is 7.76. The Bertz CT molecular complexity index is 1480. The summed E-state index contributed by atoms with van der Waals surface area (Å²) >= 11 is 0. The fourth-order valence-corrected chi connectivity index (χ4v) is 4.94. The van der Waals surface area contributed by atoms with Gasteiger partial charge in [-0.05, 0) is 56.8 Å².